The van der Waals surface area contributed by atoms with E-state index in [0.29, 0.717) is 21.8 Å². The Kier molecular flexibility index (Phi) is 4.42. The van der Waals surface area contributed by atoms with Crippen LogP contribution in [0.5, 0.6) is 0 Å². The van der Waals surface area contributed by atoms with E-state index in [2.05, 4.69) is 41.8 Å². The third kappa shape index (κ3) is 2.76. The van der Waals surface area contributed by atoms with Crippen molar-refractivity contribution in [3.8, 4) is 0 Å². The van der Waals surface area contributed by atoms with Gasteiger partial charge in [0.05, 0.1) is 28.5 Å². The van der Waals surface area contributed by atoms with Crippen LogP contribution in [0.15, 0.2) is 50.2 Å². The Bertz CT molecular complexity index is 1290. The number of carbonyl (C=O) groups excluding carboxylic acids is 1. The van der Waals surface area contributed by atoms with E-state index < -0.39 is 16.9 Å². The molecule has 1 aromatic carbocycles. The third-order valence-corrected chi connectivity index (χ3v) is 7.15. The molecule has 2 N–H and O–H groups in total. The molecule has 7 nitrogen and oxygen atoms in total. The topological polar surface area (TPSA) is 98.7 Å². The number of rotatable bonds is 1. The maximum absolute atomic E-state index is 12.9. The van der Waals surface area contributed by atoms with Gasteiger partial charge in [-0.25, -0.2) is 9.78 Å². The Morgan fingerprint density at radius 2 is 2.06 bits per heavy atom. The van der Waals surface area contributed by atoms with E-state index in [1.165, 1.54) is 4.90 Å². The van der Waals surface area contributed by atoms with Crippen molar-refractivity contribution in [2.45, 2.75) is 31.2 Å². The van der Waals surface area contributed by atoms with E-state index in [0.717, 1.165) is 10.0 Å². The zero-order chi connectivity index (χ0) is 22.3. The average Bonchev–Trinajstić information content (AvgIpc) is 3.23. The fourth-order valence-corrected chi connectivity index (χ4v) is 5.48. The Morgan fingerprint density at radius 1 is 1.32 bits per heavy atom. The Hall–Kier alpha value is -2.23. The Labute approximate surface area is 199 Å². The van der Waals surface area contributed by atoms with Gasteiger partial charge in [-0.2, -0.15) is 0 Å². The first kappa shape index (κ1) is 20.7. The lowest BCUT2D eigenvalue weighted by molar-refractivity contribution is -0.152. The van der Waals surface area contributed by atoms with Crippen molar-refractivity contribution >= 4 is 71.8 Å². The minimum absolute atomic E-state index is 0.100. The van der Waals surface area contributed by atoms with Crippen molar-refractivity contribution in [2.75, 3.05) is 0 Å². The molecule has 0 bridgehead atoms. The number of H-pyrrole nitrogens is 1. The van der Waals surface area contributed by atoms with E-state index in [1.807, 2.05) is 44.2 Å². The number of benzene rings is 1. The summed E-state index contributed by atoms with van der Waals surface area (Å²) in [6, 6.07) is 5.58. The Balaban J connectivity index is 1.88. The highest BCUT2D eigenvalue weighted by Crippen LogP contribution is 2.55. The first-order valence-corrected chi connectivity index (χ1v) is 11.3. The molecule has 0 aliphatic carbocycles. The minimum atomic E-state index is -1.31. The van der Waals surface area contributed by atoms with E-state index >= 15 is 0 Å². The van der Waals surface area contributed by atoms with Gasteiger partial charge in [-0.15, -0.1) is 0 Å². The molecule has 0 radical (unpaired) electrons. The zero-order valence-electron chi connectivity index (χ0n) is 16.3. The van der Waals surface area contributed by atoms with Gasteiger partial charge in [0.15, 0.2) is 10.4 Å². The van der Waals surface area contributed by atoms with E-state index in [-0.39, 0.29) is 28.8 Å². The number of nitrogens with zero attached hydrogens (tertiary/aromatic N) is 3. The number of allylic oxidation sites excluding steroid dienone is 1. The van der Waals surface area contributed by atoms with Crippen LogP contribution < -0.4 is 0 Å². The van der Waals surface area contributed by atoms with Gasteiger partial charge in [0.2, 0.25) is 5.91 Å². The molecule has 31 heavy (non-hydrogen) atoms. The maximum atomic E-state index is 12.9. The molecule has 1 unspecified atom stereocenters. The fourth-order valence-electron chi connectivity index (χ4n) is 4.46. The Morgan fingerprint density at radius 3 is 2.74 bits per heavy atom. The number of fused-ring (bicyclic) bond motifs is 2. The van der Waals surface area contributed by atoms with Gasteiger partial charge >= 0.3 is 5.97 Å². The summed E-state index contributed by atoms with van der Waals surface area (Å²) in [7, 11) is 0. The molecule has 4 heterocycles. The van der Waals surface area contributed by atoms with Crippen molar-refractivity contribution in [3.05, 3.63) is 62.2 Å². The van der Waals surface area contributed by atoms with Crippen molar-refractivity contribution in [1.82, 2.24) is 14.9 Å². The number of aliphatic carboxylic acids is 1. The lowest BCUT2D eigenvalue weighted by Crippen LogP contribution is -2.64. The molecule has 3 aliphatic heterocycles. The number of carboxylic acid groups (broad SMARTS) is 1. The number of halogens is 3. The van der Waals surface area contributed by atoms with Crippen molar-refractivity contribution < 1.29 is 14.7 Å². The summed E-state index contributed by atoms with van der Waals surface area (Å²) in [5.41, 5.74) is 1.03. The predicted octanol–water partition coefficient (Wildman–Crippen LogP) is 4.99. The summed E-state index contributed by atoms with van der Waals surface area (Å²) in [6.45, 7) is 3.93. The van der Waals surface area contributed by atoms with Gasteiger partial charge < -0.3 is 10.1 Å². The summed E-state index contributed by atoms with van der Waals surface area (Å²) in [6.07, 6.45) is 3.93. The standard InChI is InChI=1S/C21H15Br2ClN4O3/c1-20(2)6-5-12-21(10-4-3-9(22)7-11(10)25-12)8-13(29)28(21)16(18(30)31)14(24)15-17(20)27-19(23)26-15/h3-7H,8H2,1-2H3,(H,26,27)(H,30,31)/b6-5-,16-14+. The number of hydrogen-bond acceptors (Lipinski definition) is 4. The van der Waals surface area contributed by atoms with E-state index in [9.17, 15) is 14.7 Å². The van der Waals surface area contributed by atoms with Gasteiger partial charge in [-0.05, 0) is 34.1 Å². The van der Waals surface area contributed by atoms with Crippen molar-refractivity contribution in [3.63, 3.8) is 0 Å². The summed E-state index contributed by atoms with van der Waals surface area (Å²) < 4.78 is 1.26. The molecular weight excluding hydrogens is 552 g/mol. The smallest absolute Gasteiger partial charge is 0.354 e. The van der Waals surface area contributed by atoms with E-state index in [4.69, 9.17) is 16.6 Å². The fraction of sp³-hybridized carbons (Fsp3) is 0.238. The van der Waals surface area contributed by atoms with Gasteiger partial charge in [-0.1, -0.05) is 53.5 Å². The van der Waals surface area contributed by atoms with Crippen LogP contribution in [0, 0.1) is 0 Å². The number of hydrogen-bond donors (Lipinski definition) is 2. The maximum Gasteiger partial charge on any atom is 0.354 e. The monoisotopic (exact) mass is 564 g/mol. The number of carbonyl (C=O) groups is 2. The van der Waals surface area contributed by atoms with Crippen LogP contribution in [-0.2, 0) is 20.5 Å². The second kappa shape index (κ2) is 6.63. The van der Waals surface area contributed by atoms with Gasteiger partial charge in [0, 0.05) is 15.5 Å². The minimum Gasteiger partial charge on any atom is -0.477 e. The normalized spacial score (nSPS) is 26.8. The molecule has 1 atom stereocenters. The molecule has 3 aliphatic rings. The number of carboxylic acids is 1. The summed E-state index contributed by atoms with van der Waals surface area (Å²) >= 11 is 13.5. The first-order valence-electron chi connectivity index (χ1n) is 9.37. The van der Waals surface area contributed by atoms with E-state index in [1.54, 1.807) is 0 Å². The van der Waals surface area contributed by atoms with Gasteiger partial charge in [0.1, 0.15) is 11.2 Å². The SMILES string of the molecule is CC1(C)/C=C\C2=Nc3cc(Br)ccc3C23CC(=O)N3/C(C(=O)O)=C(/Cl)c2nc(Br)[nH]c21. The van der Waals surface area contributed by atoms with Crippen LogP contribution in [0.25, 0.3) is 5.03 Å². The summed E-state index contributed by atoms with van der Waals surface area (Å²) in [4.78, 5) is 38.9. The number of aliphatic imine (C=N–C) groups is 1. The zero-order valence-corrected chi connectivity index (χ0v) is 20.3. The molecule has 1 aromatic heterocycles. The number of imidazole rings is 1. The first-order chi connectivity index (χ1) is 14.6. The summed E-state index contributed by atoms with van der Waals surface area (Å²) in [5.74, 6) is -1.65. The third-order valence-electron chi connectivity index (χ3n) is 5.93. The number of aromatic nitrogens is 2. The largest absolute Gasteiger partial charge is 0.477 e. The number of β-lactam (4-membered cyclic amide) rings is 1. The molecule has 0 saturated carbocycles. The number of amides is 1. The van der Waals surface area contributed by atoms with Crippen LogP contribution in [0.4, 0.5) is 5.69 Å². The molecule has 5 rings (SSSR count). The van der Waals surface area contributed by atoms with Crippen LogP contribution >= 0.6 is 43.5 Å². The molecule has 158 valence electrons. The van der Waals surface area contributed by atoms with Crippen LogP contribution in [-0.4, -0.2) is 37.6 Å². The predicted molar refractivity (Wildman–Crippen MR) is 123 cm³/mol. The lowest BCUT2D eigenvalue weighted by atomic mass is 9.73. The van der Waals surface area contributed by atoms with Gasteiger partial charge in [0.25, 0.3) is 0 Å². The highest BCUT2D eigenvalue weighted by atomic mass is 79.9. The molecule has 2 aromatic rings. The van der Waals surface area contributed by atoms with Crippen molar-refractivity contribution in [2.24, 2.45) is 4.99 Å². The summed E-state index contributed by atoms with van der Waals surface area (Å²) in [5, 5.41) is 10.0. The van der Waals surface area contributed by atoms with Crippen LogP contribution in [0.2, 0.25) is 0 Å². The molecule has 10 heteroatoms. The number of nitrogens with one attached hydrogen (secondary N) is 1. The molecular formula is C21H15Br2ClN4O3. The second-order valence-electron chi connectivity index (χ2n) is 8.20. The quantitative estimate of drug-likeness (QED) is 0.476. The molecule has 1 spiro atoms. The van der Waals surface area contributed by atoms with Crippen LogP contribution in [0.3, 0.4) is 0 Å². The second-order valence-corrected chi connectivity index (χ2v) is 10.2. The highest BCUT2D eigenvalue weighted by molar-refractivity contribution is 9.10. The average molecular weight is 567 g/mol. The van der Waals surface area contributed by atoms with Crippen molar-refractivity contribution in [1.29, 1.82) is 0 Å². The molecule has 1 fully saturated rings. The molecule has 1 saturated heterocycles. The molecule has 1 amide bonds. The van der Waals surface area contributed by atoms with Crippen LogP contribution in [0.1, 0.15) is 37.2 Å². The van der Waals surface area contributed by atoms with Gasteiger partial charge in [-0.3, -0.25) is 14.7 Å². The lowest BCUT2D eigenvalue weighted by Gasteiger charge is -2.50. The highest BCUT2D eigenvalue weighted by Gasteiger charge is 2.61. The number of aromatic amines is 1.